The average Bonchev–Trinajstić information content (AvgIpc) is 2.66. The summed E-state index contributed by atoms with van der Waals surface area (Å²) < 4.78 is 4.94. The largest absolute Gasteiger partial charge is 0.389 e. The Bertz CT molecular complexity index is 708. The van der Waals surface area contributed by atoms with Crippen molar-refractivity contribution in [2.45, 2.75) is 18.4 Å². The quantitative estimate of drug-likeness (QED) is 0.844. The van der Waals surface area contributed by atoms with Crippen molar-refractivity contribution >= 4 is 17.5 Å². The zero-order valence-electron chi connectivity index (χ0n) is 16.4. The molecule has 3 rings (SSSR count). The zero-order valence-corrected chi connectivity index (χ0v) is 16.4. The van der Waals surface area contributed by atoms with Gasteiger partial charge in [0.25, 0.3) is 5.91 Å². The number of ether oxygens (including phenoxy) is 1. The Kier molecular flexibility index (Phi) is 5.72. The number of rotatable bonds is 4. The summed E-state index contributed by atoms with van der Waals surface area (Å²) in [5.74, 6) is -0.232. The number of methoxy groups -OCH3 is 1. The molecule has 2 fully saturated rings. The highest BCUT2D eigenvalue weighted by Gasteiger charge is 2.46. The minimum absolute atomic E-state index is 0.0268. The Hall–Kier alpha value is -2.12. The Morgan fingerprint density at radius 3 is 2.56 bits per heavy atom. The number of likely N-dealkylation sites (tertiary alicyclic amines) is 2. The minimum atomic E-state index is -0.799. The van der Waals surface area contributed by atoms with Crippen LogP contribution in [0.4, 0.5) is 5.69 Å². The molecule has 1 aromatic rings. The van der Waals surface area contributed by atoms with Crippen LogP contribution >= 0.6 is 0 Å². The van der Waals surface area contributed by atoms with E-state index in [2.05, 4.69) is 0 Å². The molecule has 0 radical (unpaired) electrons. The normalized spacial score (nSPS) is 25.1. The lowest BCUT2D eigenvalue weighted by Crippen LogP contribution is -2.61. The number of benzene rings is 1. The molecular formula is C20H29N3O4. The monoisotopic (exact) mass is 375 g/mol. The molecular weight excluding hydrogens is 346 g/mol. The molecule has 2 heterocycles. The van der Waals surface area contributed by atoms with E-state index in [-0.39, 0.29) is 24.3 Å². The first-order chi connectivity index (χ1) is 12.8. The highest BCUT2D eigenvalue weighted by molar-refractivity contribution is 5.95. The van der Waals surface area contributed by atoms with E-state index < -0.39 is 5.60 Å². The van der Waals surface area contributed by atoms with Crippen molar-refractivity contribution < 1.29 is 19.4 Å². The summed E-state index contributed by atoms with van der Waals surface area (Å²) in [4.78, 5) is 30.7. The molecule has 1 N–H and O–H groups in total. The summed E-state index contributed by atoms with van der Waals surface area (Å²) in [6.07, 6.45) is 1.09. The highest BCUT2D eigenvalue weighted by atomic mass is 16.5. The van der Waals surface area contributed by atoms with Crippen molar-refractivity contribution in [3.05, 3.63) is 29.8 Å². The van der Waals surface area contributed by atoms with Gasteiger partial charge in [-0.25, -0.2) is 0 Å². The van der Waals surface area contributed by atoms with Crippen LogP contribution in [0.1, 0.15) is 23.2 Å². The lowest BCUT2D eigenvalue weighted by atomic mass is 9.75. The molecule has 2 aliphatic rings. The molecule has 148 valence electrons. The molecule has 7 heteroatoms. The molecule has 0 aromatic heterocycles. The van der Waals surface area contributed by atoms with Gasteiger partial charge in [-0.05, 0) is 31.0 Å². The zero-order chi connectivity index (χ0) is 19.6. The van der Waals surface area contributed by atoms with E-state index in [1.54, 1.807) is 9.80 Å². The Morgan fingerprint density at radius 1 is 1.22 bits per heavy atom. The van der Waals surface area contributed by atoms with Crippen molar-refractivity contribution in [2.24, 2.45) is 5.92 Å². The van der Waals surface area contributed by atoms with E-state index in [1.165, 1.54) is 7.11 Å². The Morgan fingerprint density at radius 2 is 1.89 bits per heavy atom. The third kappa shape index (κ3) is 4.09. The van der Waals surface area contributed by atoms with Crippen LogP contribution in [0, 0.1) is 5.92 Å². The maximum absolute atomic E-state index is 13.0. The van der Waals surface area contributed by atoms with Gasteiger partial charge < -0.3 is 24.5 Å². The number of anilines is 1. The van der Waals surface area contributed by atoms with Gasteiger partial charge in [-0.1, -0.05) is 6.07 Å². The number of amides is 2. The number of hydrogen-bond donors (Lipinski definition) is 1. The predicted molar refractivity (Wildman–Crippen MR) is 103 cm³/mol. The molecule has 0 bridgehead atoms. The minimum Gasteiger partial charge on any atom is -0.389 e. The average molecular weight is 375 g/mol. The number of hydrogen-bond acceptors (Lipinski definition) is 5. The van der Waals surface area contributed by atoms with Crippen molar-refractivity contribution in [2.75, 3.05) is 58.9 Å². The lowest BCUT2D eigenvalue weighted by Gasteiger charge is -2.50. The fourth-order valence-corrected chi connectivity index (χ4v) is 4.03. The summed E-state index contributed by atoms with van der Waals surface area (Å²) in [6, 6.07) is 7.56. The molecule has 0 spiro atoms. The van der Waals surface area contributed by atoms with Gasteiger partial charge >= 0.3 is 0 Å². The van der Waals surface area contributed by atoms with Crippen LogP contribution in [-0.4, -0.2) is 86.3 Å². The first-order valence-corrected chi connectivity index (χ1v) is 9.40. The number of fused-ring (bicyclic) bond motifs is 1. The first kappa shape index (κ1) is 19.6. The van der Waals surface area contributed by atoms with Gasteiger partial charge in [-0.2, -0.15) is 0 Å². The van der Waals surface area contributed by atoms with Gasteiger partial charge in [-0.3, -0.25) is 9.59 Å². The maximum Gasteiger partial charge on any atom is 0.253 e. The summed E-state index contributed by atoms with van der Waals surface area (Å²) >= 11 is 0. The summed E-state index contributed by atoms with van der Waals surface area (Å²) in [6.45, 7) is 2.03. The molecule has 2 aliphatic heterocycles. The lowest BCUT2D eigenvalue weighted by molar-refractivity contribution is -0.148. The van der Waals surface area contributed by atoms with Gasteiger partial charge in [0.2, 0.25) is 5.91 Å². The van der Waals surface area contributed by atoms with Crippen LogP contribution in [0.25, 0.3) is 0 Å². The molecule has 1 aromatic carbocycles. The standard InChI is InChI=1S/C20H29N3O4/c1-21(2)17-6-4-5-15(11-17)19(25)23-10-8-20(26)7-9-22(12-16(20)13-23)18(24)14-27-3/h4-6,11,16,26H,7-10,12-14H2,1-3H3/t16-,20-/m0/s1. The second-order valence-electron chi connectivity index (χ2n) is 7.77. The molecule has 27 heavy (non-hydrogen) atoms. The molecule has 0 unspecified atom stereocenters. The molecule has 2 saturated heterocycles. The summed E-state index contributed by atoms with van der Waals surface area (Å²) in [5, 5.41) is 11.0. The van der Waals surface area contributed by atoms with E-state index >= 15 is 0 Å². The molecule has 2 amide bonds. The maximum atomic E-state index is 13.0. The van der Waals surface area contributed by atoms with Gasteiger partial charge in [-0.15, -0.1) is 0 Å². The second kappa shape index (κ2) is 7.86. The van der Waals surface area contributed by atoms with Crippen LogP contribution < -0.4 is 4.90 Å². The van der Waals surface area contributed by atoms with E-state index in [4.69, 9.17) is 4.74 Å². The second-order valence-corrected chi connectivity index (χ2v) is 7.77. The van der Waals surface area contributed by atoms with E-state index in [9.17, 15) is 14.7 Å². The van der Waals surface area contributed by atoms with Crippen LogP contribution in [-0.2, 0) is 9.53 Å². The number of nitrogens with zero attached hydrogens (tertiary/aromatic N) is 3. The number of carbonyl (C=O) groups excluding carboxylic acids is 2. The van der Waals surface area contributed by atoms with E-state index in [0.29, 0.717) is 44.6 Å². The highest BCUT2D eigenvalue weighted by Crippen LogP contribution is 2.36. The van der Waals surface area contributed by atoms with Crippen molar-refractivity contribution in [3.63, 3.8) is 0 Å². The Labute approximate surface area is 160 Å². The molecule has 2 atom stereocenters. The van der Waals surface area contributed by atoms with Gasteiger partial charge in [0.05, 0.1) is 5.60 Å². The number of piperidine rings is 2. The van der Waals surface area contributed by atoms with Crippen molar-refractivity contribution in [1.29, 1.82) is 0 Å². The number of carbonyl (C=O) groups is 2. The summed E-state index contributed by atoms with van der Waals surface area (Å²) in [5.41, 5.74) is 0.824. The van der Waals surface area contributed by atoms with Crippen LogP contribution in [0.15, 0.2) is 24.3 Å². The fourth-order valence-electron chi connectivity index (χ4n) is 4.03. The fraction of sp³-hybridized carbons (Fsp3) is 0.600. The van der Waals surface area contributed by atoms with Crippen LogP contribution in [0.3, 0.4) is 0 Å². The van der Waals surface area contributed by atoms with E-state index in [0.717, 1.165) is 5.69 Å². The molecule has 7 nitrogen and oxygen atoms in total. The van der Waals surface area contributed by atoms with E-state index in [1.807, 2.05) is 43.3 Å². The van der Waals surface area contributed by atoms with Gasteiger partial charge in [0.15, 0.2) is 0 Å². The topological polar surface area (TPSA) is 73.3 Å². The Balaban J connectivity index is 1.72. The smallest absolute Gasteiger partial charge is 0.253 e. The third-order valence-corrected chi connectivity index (χ3v) is 5.79. The van der Waals surface area contributed by atoms with Gasteiger partial charge in [0, 0.05) is 64.6 Å². The van der Waals surface area contributed by atoms with Crippen LogP contribution in [0.2, 0.25) is 0 Å². The van der Waals surface area contributed by atoms with Crippen molar-refractivity contribution in [3.8, 4) is 0 Å². The predicted octanol–water partition coefficient (Wildman–Crippen LogP) is 0.825. The SMILES string of the molecule is COCC(=O)N1CC[C@]2(O)CCN(C(=O)c3cccc(N(C)C)c3)C[C@@H]2C1. The number of aliphatic hydroxyl groups is 1. The third-order valence-electron chi connectivity index (χ3n) is 5.79. The van der Waals surface area contributed by atoms with Crippen LogP contribution in [0.5, 0.6) is 0 Å². The summed E-state index contributed by atoms with van der Waals surface area (Å²) in [7, 11) is 5.39. The van der Waals surface area contributed by atoms with Gasteiger partial charge in [0.1, 0.15) is 6.61 Å². The first-order valence-electron chi connectivity index (χ1n) is 9.40. The van der Waals surface area contributed by atoms with Crippen molar-refractivity contribution in [1.82, 2.24) is 9.80 Å². The molecule has 0 aliphatic carbocycles. The molecule has 0 saturated carbocycles.